The van der Waals surface area contributed by atoms with Crippen LogP contribution in [0.2, 0.25) is 5.15 Å². The van der Waals surface area contributed by atoms with E-state index in [0.717, 1.165) is 12.1 Å². The lowest BCUT2D eigenvalue weighted by Gasteiger charge is -2.09. The molecule has 2 aromatic heterocycles. The number of anilines is 1. The average molecular weight is 309 g/mol. The summed E-state index contributed by atoms with van der Waals surface area (Å²) in [6, 6.07) is 5.73. The molecule has 0 radical (unpaired) electrons. The molecule has 2 heterocycles. The number of aromatic nitrogens is 3. The molecule has 0 spiro atoms. The largest absolute Gasteiger partial charge is 0.384 e. The summed E-state index contributed by atoms with van der Waals surface area (Å²) in [7, 11) is 0. The molecular weight excluding hydrogens is 292 g/mol. The fourth-order valence-corrected chi connectivity index (χ4v) is 2.74. The molecule has 0 aliphatic rings. The molecule has 0 amide bonds. The Morgan fingerprint density at radius 2 is 2.15 bits per heavy atom. The number of thioether (sulfide) groups is 1. The van der Waals surface area contributed by atoms with Crippen molar-refractivity contribution in [2.75, 3.05) is 5.73 Å². The standard InChI is InChI=1S/C14H17ClN4S/c1-3-9(2)10-4-5-17-11(6-10)8-20-14-18-12(15)7-13(16)19-14/h4-7,9H,3,8H2,1-2H3,(H2,16,18,19). The van der Waals surface area contributed by atoms with E-state index in [-0.39, 0.29) is 0 Å². The van der Waals surface area contributed by atoms with Crippen LogP contribution in [0, 0.1) is 0 Å². The SMILES string of the molecule is CCC(C)c1ccnc(CSc2nc(N)cc(Cl)n2)c1. The molecule has 106 valence electrons. The number of halogens is 1. The highest BCUT2D eigenvalue weighted by Gasteiger charge is 2.07. The Hall–Kier alpha value is -1.33. The maximum atomic E-state index is 5.86. The average Bonchev–Trinajstić information content (AvgIpc) is 2.43. The van der Waals surface area contributed by atoms with Gasteiger partial charge in [0.05, 0.1) is 5.69 Å². The van der Waals surface area contributed by atoms with Crippen LogP contribution < -0.4 is 5.73 Å². The van der Waals surface area contributed by atoms with E-state index in [1.807, 2.05) is 6.20 Å². The lowest BCUT2D eigenvalue weighted by atomic mass is 9.99. The van der Waals surface area contributed by atoms with Gasteiger partial charge in [0.15, 0.2) is 5.16 Å². The molecular formula is C14H17ClN4S. The highest BCUT2D eigenvalue weighted by Crippen LogP contribution is 2.24. The highest BCUT2D eigenvalue weighted by atomic mass is 35.5. The maximum absolute atomic E-state index is 5.86. The van der Waals surface area contributed by atoms with Gasteiger partial charge in [0, 0.05) is 18.0 Å². The van der Waals surface area contributed by atoms with Gasteiger partial charge >= 0.3 is 0 Å². The second-order valence-corrected chi connectivity index (χ2v) is 5.91. The number of hydrogen-bond acceptors (Lipinski definition) is 5. The van der Waals surface area contributed by atoms with Gasteiger partial charge in [-0.3, -0.25) is 4.98 Å². The minimum absolute atomic E-state index is 0.362. The molecule has 0 bridgehead atoms. The van der Waals surface area contributed by atoms with Crippen LogP contribution in [0.25, 0.3) is 0 Å². The van der Waals surface area contributed by atoms with Crippen molar-refractivity contribution in [1.29, 1.82) is 0 Å². The Bertz CT molecular complexity index is 571. The molecule has 6 heteroatoms. The molecule has 0 saturated heterocycles. The molecule has 4 nitrogen and oxygen atoms in total. The number of nitrogen functional groups attached to an aromatic ring is 1. The quantitative estimate of drug-likeness (QED) is 0.515. The summed E-state index contributed by atoms with van der Waals surface area (Å²) in [5, 5.41) is 0.937. The molecule has 2 aromatic rings. The third-order valence-electron chi connectivity index (χ3n) is 3.07. The van der Waals surface area contributed by atoms with Crippen LogP contribution in [-0.2, 0) is 5.75 Å². The lowest BCUT2D eigenvalue weighted by molar-refractivity contribution is 0.730. The number of nitrogens with two attached hydrogens (primary N) is 1. The number of hydrogen-bond donors (Lipinski definition) is 1. The van der Waals surface area contributed by atoms with Gasteiger partial charge in [0.1, 0.15) is 11.0 Å². The molecule has 0 fully saturated rings. The van der Waals surface area contributed by atoms with Gasteiger partial charge in [0.25, 0.3) is 0 Å². The fraction of sp³-hybridized carbons (Fsp3) is 0.357. The molecule has 2 rings (SSSR count). The van der Waals surface area contributed by atoms with Crippen molar-refractivity contribution in [2.24, 2.45) is 0 Å². The molecule has 0 aromatic carbocycles. The first kappa shape index (κ1) is 15.1. The van der Waals surface area contributed by atoms with E-state index >= 15 is 0 Å². The molecule has 2 N–H and O–H groups in total. The van der Waals surface area contributed by atoms with Crippen molar-refractivity contribution >= 4 is 29.2 Å². The van der Waals surface area contributed by atoms with E-state index in [0.29, 0.717) is 27.8 Å². The van der Waals surface area contributed by atoms with Crippen LogP contribution in [0.4, 0.5) is 5.82 Å². The van der Waals surface area contributed by atoms with Crippen LogP contribution in [-0.4, -0.2) is 15.0 Å². The van der Waals surface area contributed by atoms with E-state index in [1.165, 1.54) is 23.4 Å². The fourth-order valence-electron chi connectivity index (χ4n) is 1.73. The van der Waals surface area contributed by atoms with Gasteiger partial charge in [-0.1, -0.05) is 37.2 Å². The van der Waals surface area contributed by atoms with Crippen LogP contribution >= 0.6 is 23.4 Å². The van der Waals surface area contributed by atoms with E-state index in [9.17, 15) is 0 Å². The van der Waals surface area contributed by atoms with Crippen molar-refractivity contribution in [3.8, 4) is 0 Å². The summed E-state index contributed by atoms with van der Waals surface area (Å²) in [6.07, 6.45) is 2.97. The lowest BCUT2D eigenvalue weighted by Crippen LogP contribution is -1.97. The smallest absolute Gasteiger partial charge is 0.191 e. The number of pyridine rings is 1. The first-order chi connectivity index (χ1) is 9.58. The summed E-state index contributed by atoms with van der Waals surface area (Å²) in [4.78, 5) is 12.6. The number of nitrogens with zero attached hydrogens (tertiary/aromatic N) is 3. The minimum Gasteiger partial charge on any atom is -0.384 e. The Balaban J connectivity index is 2.07. The van der Waals surface area contributed by atoms with Crippen molar-refractivity contribution < 1.29 is 0 Å². The summed E-state index contributed by atoms with van der Waals surface area (Å²) in [5.41, 5.74) is 7.96. The van der Waals surface area contributed by atoms with Crippen LogP contribution in [0.15, 0.2) is 29.6 Å². The van der Waals surface area contributed by atoms with Crippen molar-refractivity contribution in [2.45, 2.75) is 37.1 Å². The van der Waals surface area contributed by atoms with Gasteiger partial charge in [-0.2, -0.15) is 0 Å². The third-order valence-corrected chi connectivity index (χ3v) is 4.14. The molecule has 0 aliphatic heterocycles. The molecule has 0 saturated carbocycles. The Labute approximate surface area is 128 Å². The Kier molecular flexibility index (Phi) is 5.20. The third kappa shape index (κ3) is 4.08. The van der Waals surface area contributed by atoms with E-state index in [2.05, 4.69) is 40.9 Å². The zero-order valence-corrected chi connectivity index (χ0v) is 13.1. The summed E-state index contributed by atoms with van der Waals surface area (Å²) >= 11 is 7.34. The Morgan fingerprint density at radius 1 is 1.35 bits per heavy atom. The first-order valence-corrected chi connectivity index (χ1v) is 7.82. The second-order valence-electron chi connectivity index (χ2n) is 4.58. The van der Waals surface area contributed by atoms with Gasteiger partial charge in [0.2, 0.25) is 0 Å². The molecule has 1 unspecified atom stereocenters. The summed E-state index contributed by atoms with van der Waals surface area (Å²) in [5.74, 6) is 1.62. The van der Waals surface area contributed by atoms with E-state index < -0.39 is 0 Å². The molecule has 1 atom stereocenters. The van der Waals surface area contributed by atoms with Crippen LogP contribution in [0.1, 0.15) is 37.4 Å². The predicted octanol–water partition coefficient (Wildman–Crippen LogP) is 3.91. The van der Waals surface area contributed by atoms with Crippen molar-refractivity contribution in [3.05, 3.63) is 40.8 Å². The first-order valence-electron chi connectivity index (χ1n) is 6.46. The van der Waals surface area contributed by atoms with E-state index in [4.69, 9.17) is 17.3 Å². The zero-order chi connectivity index (χ0) is 14.5. The van der Waals surface area contributed by atoms with Crippen molar-refractivity contribution in [1.82, 2.24) is 15.0 Å². The summed E-state index contributed by atoms with van der Waals surface area (Å²) in [6.45, 7) is 4.40. The highest BCUT2D eigenvalue weighted by molar-refractivity contribution is 7.98. The number of rotatable bonds is 5. The van der Waals surface area contributed by atoms with Gasteiger partial charge in [-0.05, 0) is 30.0 Å². The minimum atomic E-state index is 0.362. The maximum Gasteiger partial charge on any atom is 0.191 e. The normalized spacial score (nSPS) is 12.3. The van der Waals surface area contributed by atoms with Crippen molar-refractivity contribution in [3.63, 3.8) is 0 Å². The van der Waals surface area contributed by atoms with Gasteiger partial charge in [-0.25, -0.2) is 9.97 Å². The molecule has 20 heavy (non-hydrogen) atoms. The van der Waals surface area contributed by atoms with Crippen LogP contribution in [0.5, 0.6) is 0 Å². The molecule has 0 aliphatic carbocycles. The topological polar surface area (TPSA) is 64.7 Å². The van der Waals surface area contributed by atoms with Gasteiger partial charge in [-0.15, -0.1) is 0 Å². The Morgan fingerprint density at radius 3 is 2.85 bits per heavy atom. The zero-order valence-electron chi connectivity index (χ0n) is 11.5. The van der Waals surface area contributed by atoms with E-state index in [1.54, 1.807) is 0 Å². The second kappa shape index (κ2) is 6.90. The predicted molar refractivity (Wildman–Crippen MR) is 84.0 cm³/mol. The van der Waals surface area contributed by atoms with Crippen LogP contribution in [0.3, 0.4) is 0 Å². The monoisotopic (exact) mass is 308 g/mol. The van der Waals surface area contributed by atoms with Gasteiger partial charge < -0.3 is 5.73 Å². The summed E-state index contributed by atoms with van der Waals surface area (Å²) < 4.78 is 0.